The van der Waals surface area contributed by atoms with Gasteiger partial charge in [-0.3, -0.25) is 14.9 Å². The molecule has 23 heavy (non-hydrogen) atoms. The van der Waals surface area contributed by atoms with Gasteiger partial charge in [0.25, 0.3) is 0 Å². The minimum atomic E-state index is -0.605. The van der Waals surface area contributed by atoms with Crippen LogP contribution in [0.25, 0.3) is 0 Å². The lowest BCUT2D eigenvalue weighted by Crippen LogP contribution is -2.12. The van der Waals surface area contributed by atoms with Gasteiger partial charge >= 0.3 is 11.7 Å². The van der Waals surface area contributed by atoms with Gasteiger partial charge in [-0.25, -0.2) is 0 Å². The Kier molecular flexibility index (Phi) is 5.30. The summed E-state index contributed by atoms with van der Waals surface area (Å²) in [4.78, 5) is 22.5. The molecule has 0 fully saturated rings. The maximum Gasteiger partial charge on any atom is 0.315 e. The van der Waals surface area contributed by atoms with Gasteiger partial charge in [-0.15, -0.1) is 0 Å². The molecule has 0 saturated carbocycles. The molecule has 120 valence electrons. The molecule has 0 bridgehead atoms. The Hall–Kier alpha value is -2.89. The van der Waals surface area contributed by atoms with Crippen LogP contribution < -0.4 is 9.47 Å². The van der Waals surface area contributed by atoms with Crippen LogP contribution in [0.1, 0.15) is 24.8 Å². The zero-order valence-electron chi connectivity index (χ0n) is 12.9. The quantitative estimate of drug-likeness (QED) is 0.351. The van der Waals surface area contributed by atoms with Gasteiger partial charge in [0.1, 0.15) is 5.75 Å². The number of rotatable bonds is 6. The van der Waals surface area contributed by atoms with Crippen molar-refractivity contribution in [1.82, 2.24) is 0 Å². The van der Waals surface area contributed by atoms with E-state index in [2.05, 4.69) is 0 Å². The molecular formula is C17H17NO5. The van der Waals surface area contributed by atoms with Crippen molar-refractivity contribution in [3.8, 4) is 11.5 Å². The number of methoxy groups -OCH3 is 1. The molecule has 2 aromatic carbocycles. The van der Waals surface area contributed by atoms with Gasteiger partial charge in [0.05, 0.1) is 24.5 Å². The monoisotopic (exact) mass is 315 g/mol. The van der Waals surface area contributed by atoms with Crippen LogP contribution in [0.15, 0.2) is 48.5 Å². The number of nitro groups is 1. The van der Waals surface area contributed by atoms with Crippen LogP contribution >= 0.6 is 0 Å². The van der Waals surface area contributed by atoms with Crippen LogP contribution in [0.5, 0.6) is 11.5 Å². The molecule has 0 saturated heterocycles. The standard InChI is InChI=1S/C17H17NO5/c1-12(13-6-4-3-5-7-13)10-17(19)23-16-9-8-14(22-2)11-15(16)18(20)21/h3-9,11-12H,10H2,1-2H3. The number of carbonyl (C=O) groups excluding carboxylic acids is 1. The Bertz CT molecular complexity index is 699. The molecule has 0 aliphatic rings. The zero-order chi connectivity index (χ0) is 16.8. The van der Waals surface area contributed by atoms with E-state index >= 15 is 0 Å². The van der Waals surface area contributed by atoms with Crippen molar-refractivity contribution in [1.29, 1.82) is 0 Å². The first-order chi connectivity index (χ1) is 11.0. The third-order valence-corrected chi connectivity index (χ3v) is 3.43. The summed E-state index contributed by atoms with van der Waals surface area (Å²) in [5.41, 5.74) is 0.707. The SMILES string of the molecule is COc1ccc(OC(=O)CC(C)c2ccccc2)c([N+](=O)[O-])c1. The first kappa shape index (κ1) is 16.5. The van der Waals surface area contributed by atoms with Crippen molar-refractivity contribution >= 4 is 11.7 Å². The molecule has 0 spiro atoms. The summed E-state index contributed by atoms with van der Waals surface area (Å²) in [6, 6.07) is 13.6. The molecule has 1 atom stereocenters. The lowest BCUT2D eigenvalue weighted by atomic mass is 9.98. The number of benzene rings is 2. The topological polar surface area (TPSA) is 78.7 Å². The summed E-state index contributed by atoms with van der Waals surface area (Å²) in [5, 5.41) is 11.1. The van der Waals surface area contributed by atoms with E-state index in [0.717, 1.165) is 5.56 Å². The Morgan fingerprint density at radius 1 is 1.22 bits per heavy atom. The minimum absolute atomic E-state index is 0.0407. The fourth-order valence-corrected chi connectivity index (χ4v) is 2.17. The summed E-state index contributed by atoms with van der Waals surface area (Å²) in [6.07, 6.45) is 0.132. The molecule has 0 heterocycles. The van der Waals surface area contributed by atoms with Gasteiger partial charge in [0.2, 0.25) is 5.75 Å². The molecule has 6 nitrogen and oxygen atoms in total. The molecule has 0 aliphatic heterocycles. The largest absolute Gasteiger partial charge is 0.496 e. The van der Waals surface area contributed by atoms with Crippen LogP contribution in [-0.4, -0.2) is 18.0 Å². The normalized spacial score (nSPS) is 11.6. The van der Waals surface area contributed by atoms with Crippen LogP contribution in [0, 0.1) is 10.1 Å². The highest BCUT2D eigenvalue weighted by Gasteiger charge is 2.20. The molecule has 0 radical (unpaired) electrons. The van der Waals surface area contributed by atoms with E-state index in [1.165, 1.54) is 25.3 Å². The van der Waals surface area contributed by atoms with Crippen LogP contribution in [0.4, 0.5) is 5.69 Å². The lowest BCUT2D eigenvalue weighted by molar-refractivity contribution is -0.385. The Morgan fingerprint density at radius 2 is 1.91 bits per heavy atom. The third kappa shape index (κ3) is 4.29. The van der Waals surface area contributed by atoms with Crippen molar-refractivity contribution in [3.05, 3.63) is 64.2 Å². The second-order valence-electron chi connectivity index (χ2n) is 5.08. The first-order valence-electron chi connectivity index (χ1n) is 7.09. The predicted molar refractivity (Wildman–Crippen MR) is 84.8 cm³/mol. The van der Waals surface area contributed by atoms with E-state index in [1.807, 2.05) is 37.3 Å². The highest BCUT2D eigenvalue weighted by atomic mass is 16.6. The average molecular weight is 315 g/mol. The maximum absolute atomic E-state index is 12.0. The molecule has 1 unspecified atom stereocenters. The Morgan fingerprint density at radius 3 is 2.52 bits per heavy atom. The second kappa shape index (κ2) is 7.40. The summed E-state index contributed by atoms with van der Waals surface area (Å²) >= 11 is 0. The summed E-state index contributed by atoms with van der Waals surface area (Å²) in [6.45, 7) is 1.90. The van der Waals surface area contributed by atoms with E-state index in [0.29, 0.717) is 5.75 Å². The fourth-order valence-electron chi connectivity index (χ4n) is 2.17. The molecular weight excluding hydrogens is 298 g/mol. The van der Waals surface area contributed by atoms with Crippen LogP contribution in [-0.2, 0) is 4.79 Å². The fraction of sp³-hybridized carbons (Fsp3) is 0.235. The number of hydrogen-bond donors (Lipinski definition) is 0. The maximum atomic E-state index is 12.0. The van der Waals surface area contributed by atoms with Crippen molar-refractivity contribution in [2.75, 3.05) is 7.11 Å². The smallest absolute Gasteiger partial charge is 0.315 e. The molecule has 6 heteroatoms. The number of nitro benzene ring substituents is 1. The van der Waals surface area contributed by atoms with E-state index in [9.17, 15) is 14.9 Å². The highest BCUT2D eigenvalue weighted by Crippen LogP contribution is 2.31. The highest BCUT2D eigenvalue weighted by molar-refractivity contribution is 5.75. The molecule has 2 aromatic rings. The van der Waals surface area contributed by atoms with E-state index < -0.39 is 10.9 Å². The number of carbonyl (C=O) groups is 1. The molecule has 0 aromatic heterocycles. The summed E-state index contributed by atoms with van der Waals surface area (Å²) < 4.78 is 10.1. The molecule has 0 amide bonds. The third-order valence-electron chi connectivity index (χ3n) is 3.43. The number of esters is 1. The van der Waals surface area contributed by atoms with Gasteiger partial charge in [-0.05, 0) is 23.6 Å². The van der Waals surface area contributed by atoms with Gasteiger partial charge in [0, 0.05) is 0 Å². The number of nitrogens with zero attached hydrogens (tertiary/aromatic N) is 1. The van der Waals surface area contributed by atoms with Crippen molar-refractivity contribution in [2.24, 2.45) is 0 Å². The van der Waals surface area contributed by atoms with Crippen molar-refractivity contribution in [2.45, 2.75) is 19.3 Å². The van der Waals surface area contributed by atoms with Gasteiger partial charge in [-0.2, -0.15) is 0 Å². The van der Waals surface area contributed by atoms with Crippen molar-refractivity contribution in [3.63, 3.8) is 0 Å². The number of hydrogen-bond acceptors (Lipinski definition) is 5. The molecule has 0 aliphatic carbocycles. The van der Waals surface area contributed by atoms with Crippen LogP contribution in [0.2, 0.25) is 0 Å². The molecule has 0 N–H and O–H groups in total. The van der Waals surface area contributed by atoms with Crippen molar-refractivity contribution < 1.29 is 19.2 Å². The van der Waals surface area contributed by atoms with E-state index in [1.54, 1.807) is 0 Å². The molecule has 2 rings (SSSR count). The Balaban J connectivity index is 2.10. The Labute approximate surface area is 133 Å². The first-order valence-corrected chi connectivity index (χ1v) is 7.09. The van der Waals surface area contributed by atoms with E-state index in [-0.39, 0.29) is 23.8 Å². The number of ether oxygens (including phenoxy) is 2. The van der Waals surface area contributed by atoms with Gasteiger partial charge < -0.3 is 9.47 Å². The zero-order valence-corrected chi connectivity index (χ0v) is 12.9. The second-order valence-corrected chi connectivity index (χ2v) is 5.08. The van der Waals surface area contributed by atoms with Gasteiger partial charge in [0.15, 0.2) is 0 Å². The van der Waals surface area contributed by atoms with Crippen LogP contribution in [0.3, 0.4) is 0 Å². The summed E-state index contributed by atoms with van der Waals surface area (Å²) in [7, 11) is 1.41. The predicted octanol–water partition coefficient (Wildman–Crippen LogP) is 3.70. The average Bonchev–Trinajstić information content (AvgIpc) is 2.55. The van der Waals surface area contributed by atoms with Gasteiger partial charge in [-0.1, -0.05) is 37.3 Å². The minimum Gasteiger partial charge on any atom is -0.496 e. The lowest BCUT2D eigenvalue weighted by Gasteiger charge is -2.11. The van der Waals surface area contributed by atoms with E-state index in [4.69, 9.17) is 9.47 Å². The summed E-state index contributed by atoms with van der Waals surface area (Å²) in [5.74, 6) is -0.314.